The van der Waals surface area contributed by atoms with Crippen LogP contribution >= 0.6 is 0 Å². The molecule has 0 spiro atoms. The van der Waals surface area contributed by atoms with Gasteiger partial charge in [0.25, 0.3) is 0 Å². The molecule has 2 N–H and O–H groups in total. The Hall–Kier alpha value is -3.78. The molecule has 0 bridgehead atoms. The van der Waals surface area contributed by atoms with Crippen LogP contribution in [0.4, 0.5) is 11.5 Å². The topological polar surface area (TPSA) is 76.7 Å². The molecule has 0 radical (unpaired) electrons. The molecule has 184 valence electrons. The molecule has 5 rings (SSSR count). The van der Waals surface area contributed by atoms with Crippen molar-refractivity contribution >= 4 is 22.7 Å². The summed E-state index contributed by atoms with van der Waals surface area (Å²) in [5.74, 6) is 0.412. The van der Waals surface area contributed by atoms with E-state index in [4.69, 9.17) is 5.73 Å². The second-order valence-corrected chi connectivity index (χ2v) is 9.06. The van der Waals surface area contributed by atoms with Gasteiger partial charge in [-0.2, -0.15) is 0 Å². The summed E-state index contributed by atoms with van der Waals surface area (Å²) in [4.78, 5) is 14.8. The molecule has 0 saturated carbocycles. The monoisotopic (exact) mass is 543 g/mol. The van der Waals surface area contributed by atoms with Crippen LogP contribution < -0.4 is 32.2 Å². The molecule has 0 fully saturated rings. The highest BCUT2D eigenvalue weighted by Gasteiger charge is 2.08. The number of benzene rings is 2. The first-order valence-corrected chi connectivity index (χ1v) is 11.8. The van der Waals surface area contributed by atoms with E-state index in [1.165, 1.54) is 34.3 Å². The lowest BCUT2D eigenvalue weighted by molar-refractivity contribution is -0.688. The van der Waals surface area contributed by atoms with Gasteiger partial charge in [0, 0.05) is 37.5 Å². The summed E-state index contributed by atoms with van der Waals surface area (Å²) in [6, 6.07) is 22.0. The average molecular weight is 545 g/mol. The smallest absolute Gasteiger partial charge is 0.173 e. The van der Waals surface area contributed by atoms with Crippen molar-refractivity contribution in [3.63, 3.8) is 0 Å². The molecule has 2 aromatic carbocycles. The maximum atomic E-state index is 5.89. The minimum Gasteiger partial charge on any atom is -1.00 e. The fourth-order valence-electron chi connectivity index (χ4n) is 4.19. The highest BCUT2D eigenvalue weighted by Crippen LogP contribution is 2.17. The van der Waals surface area contributed by atoms with Crippen molar-refractivity contribution in [2.75, 3.05) is 24.7 Å². The molecule has 0 aliphatic heterocycles. The summed E-state index contributed by atoms with van der Waals surface area (Å²) in [5.41, 5.74) is 13.7. The Labute approximate surface area is 222 Å². The Morgan fingerprint density at radius 1 is 0.778 bits per heavy atom. The molecule has 0 unspecified atom stereocenters. The zero-order valence-corrected chi connectivity index (χ0v) is 22.1. The van der Waals surface area contributed by atoms with Gasteiger partial charge in [-0.25, -0.2) is 19.5 Å². The second kappa shape index (κ2) is 11.3. The minimum absolute atomic E-state index is 0. The molecular weight excluding hydrogens is 514 g/mol. The van der Waals surface area contributed by atoms with Crippen LogP contribution in [-0.2, 0) is 25.9 Å². The largest absolute Gasteiger partial charge is 1.00 e. The number of aromatic nitrogens is 5. The van der Waals surface area contributed by atoms with E-state index in [9.17, 15) is 0 Å². The number of nitrogen functional groups attached to an aromatic ring is 1. The zero-order valence-electron chi connectivity index (χ0n) is 20.5. The summed E-state index contributed by atoms with van der Waals surface area (Å²) in [6.45, 7) is 1.57. The highest BCUT2D eigenvalue weighted by molar-refractivity contribution is 5.81. The molecule has 0 amide bonds. The van der Waals surface area contributed by atoms with Crippen molar-refractivity contribution in [2.45, 2.75) is 25.9 Å². The number of rotatable bonds is 8. The minimum atomic E-state index is 0. The summed E-state index contributed by atoms with van der Waals surface area (Å²) < 4.78 is 4.21. The lowest BCUT2D eigenvalue weighted by atomic mass is 10.0. The van der Waals surface area contributed by atoms with Crippen LogP contribution in [0.25, 0.3) is 11.2 Å². The number of aryl methyl sites for hydroxylation is 2. The van der Waals surface area contributed by atoms with Crippen molar-refractivity contribution in [1.29, 1.82) is 0 Å². The van der Waals surface area contributed by atoms with Gasteiger partial charge in [-0.1, -0.05) is 48.5 Å². The first-order chi connectivity index (χ1) is 17.0. The van der Waals surface area contributed by atoms with Crippen LogP contribution in [0, 0.1) is 0 Å². The third kappa shape index (κ3) is 5.88. The lowest BCUT2D eigenvalue weighted by Gasteiger charge is -2.10. The van der Waals surface area contributed by atoms with Gasteiger partial charge < -0.3 is 32.2 Å². The highest BCUT2D eigenvalue weighted by atomic mass is 79.9. The van der Waals surface area contributed by atoms with Gasteiger partial charge in [-0.05, 0) is 29.5 Å². The van der Waals surface area contributed by atoms with Gasteiger partial charge >= 0.3 is 0 Å². The van der Waals surface area contributed by atoms with E-state index in [0.29, 0.717) is 17.9 Å². The van der Waals surface area contributed by atoms with Gasteiger partial charge in [0.05, 0.1) is 12.9 Å². The second-order valence-electron chi connectivity index (χ2n) is 9.06. The molecule has 36 heavy (non-hydrogen) atoms. The summed E-state index contributed by atoms with van der Waals surface area (Å²) in [6.07, 6.45) is 9.54. The lowest BCUT2D eigenvalue weighted by Crippen LogP contribution is -3.00. The number of imidazole rings is 1. The van der Waals surface area contributed by atoms with Crippen LogP contribution in [0.1, 0.15) is 22.3 Å². The van der Waals surface area contributed by atoms with Crippen LogP contribution in [0.3, 0.4) is 0 Å². The van der Waals surface area contributed by atoms with E-state index in [2.05, 4.69) is 112 Å². The van der Waals surface area contributed by atoms with Gasteiger partial charge in [-0.15, -0.1) is 0 Å². The van der Waals surface area contributed by atoms with Crippen molar-refractivity contribution in [3.8, 4) is 0 Å². The number of pyridine rings is 1. The first kappa shape index (κ1) is 25.3. The third-order valence-electron chi connectivity index (χ3n) is 6.29. The van der Waals surface area contributed by atoms with Crippen molar-refractivity contribution in [2.24, 2.45) is 0 Å². The van der Waals surface area contributed by atoms with Crippen LogP contribution in [0.2, 0.25) is 0 Å². The maximum absolute atomic E-state index is 5.89. The van der Waals surface area contributed by atoms with Crippen molar-refractivity contribution in [3.05, 3.63) is 108 Å². The molecule has 3 aromatic heterocycles. The molecule has 0 atom stereocenters. The number of hydrogen-bond acceptors (Lipinski definition) is 5. The van der Waals surface area contributed by atoms with E-state index >= 15 is 0 Å². The standard InChI is InChI=1S/C28H30N7.BrH/c1-33(2)25-13-15-34(16-14-25)17-23-9-5-21(6-10-23)3-4-22-7-11-24(12-8-22)18-35-20-32-26-27(29)30-19-31-28(26)35;/h5-16,19-20H,3-4,17-18H2,1-2H3,(H2,29,30,31);1H/q+1;/p-1. The normalized spacial score (nSPS) is 10.8. The number of fused-ring (bicyclic) bond motifs is 1. The van der Waals surface area contributed by atoms with Gasteiger partial charge in [0.15, 0.2) is 30.4 Å². The number of hydrogen-bond donors (Lipinski definition) is 1. The van der Waals surface area contributed by atoms with Gasteiger partial charge in [-0.3, -0.25) is 0 Å². The first-order valence-electron chi connectivity index (χ1n) is 11.8. The average Bonchev–Trinajstić information content (AvgIpc) is 3.29. The van der Waals surface area contributed by atoms with Crippen LogP contribution in [0.5, 0.6) is 0 Å². The number of halogens is 1. The summed E-state index contributed by atoms with van der Waals surface area (Å²) in [5, 5.41) is 0. The molecule has 0 aliphatic rings. The molecule has 5 aromatic rings. The van der Waals surface area contributed by atoms with E-state index in [-0.39, 0.29) is 17.0 Å². The Morgan fingerprint density at radius 3 is 1.97 bits per heavy atom. The SMILES string of the molecule is CN(C)c1cc[n+](Cc2ccc(CCc3ccc(Cn4cnc5c(N)ncnc54)cc3)cc2)cc1.[Br-]. The molecule has 3 heterocycles. The molecule has 0 saturated heterocycles. The molecule has 8 heteroatoms. The molecule has 0 aliphatic carbocycles. The Balaban J connectivity index is 0.00000304. The fraction of sp³-hybridized carbons (Fsp3) is 0.214. The van der Waals surface area contributed by atoms with Crippen LogP contribution in [0.15, 0.2) is 85.7 Å². The number of nitrogens with zero attached hydrogens (tertiary/aromatic N) is 6. The van der Waals surface area contributed by atoms with Crippen molar-refractivity contribution < 1.29 is 21.5 Å². The third-order valence-corrected chi connectivity index (χ3v) is 6.29. The van der Waals surface area contributed by atoms with Gasteiger partial charge in [0.1, 0.15) is 11.8 Å². The molecule has 7 nitrogen and oxygen atoms in total. The summed E-state index contributed by atoms with van der Waals surface area (Å²) in [7, 11) is 4.12. The molecular formula is C28H30BrN7. The van der Waals surface area contributed by atoms with Crippen molar-refractivity contribution in [1.82, 2.24) is 19.5 Å². The zero-order chi connectivity index (χ0) is 24.2. The Bertz CT molecular complexity index is 1410. The van der Waals surface area contributed by atoms with E-state index < -0.39 is 0 Å². The number of anilines is 2. The van der Waals surface area contributed by atoms with Gasteiger partial charge in [0.2, 0.25) is 0 Å². The Kier molecular flexibility index (Phi) is 7.95. The quantitative estimate of drug-likeness (QED) is 0.291. The number of nitrogens with two attached hydrogens (primary N) is 1. The van der Waals surface area contributed by atoms with E-state index in [1.807, 2.05) is 4.57 Å². The predicted molar refractivity (Wildman–Crippen MR) is 139 cm³/mol. The van der Waals surface area contributed by atoms with Crippen LogP contribution in [-0.4, -0.2) is 33.6 Å². The van der Waals surface area contributed by atoms with E-state index in [0.717, 1.165) is 25.0 Å². The maximum Gasteiger partial charge on any atom is 0.173 e. The van der Waals surface area contributed by atoms with E-state index in [1.54, 1.807) is 6.33 Å². The fourth-order valence-corrected chi connectivity index (χ4v) is 4.19. The summed E-state index contributed by atoms with van der Waals surface area (Å²) >= 11 is 0. The Morgan fingerprint density at radius 2 is 1.36 bits per heavy atom. The predicted octanol–water partition coefficient (Wildman–Crippen LogP) is 0.648.